The average Bonchev–Trinajstić information content (AvgIpc) is 2.61. The van der Waals surface area contributed by atoms with Crippen molar-refractivity contribution in [1.29, 1.82) is 0 Å². The molecule has 0 radical (unpaired) electrons. The van der Waals surface area contributed by atoms with E-state index in [0.717, 1.165) is 11.3 Å². The Hall–Kier alpha value is -2.53. The van der Waals surface area contributed by atoms with Crippen LogP contribution in [0.25, 0.3) is 0 Å². The van der Waals surface area contributed by atoms with E-state index >= 15 is 0 Å². The van der Waals surface area contributed by atoms with E-state index in [1.165, 1.54) is 0 Å². The number of carbonyl (C=O) groups excluding carboxylic acids is 1. The lowest BCUT2D eigenvalue weighted by Crippen LogP contribution is -2.23. The summed E-state index contributed by atoms with van der Waals surface area (Å²) >= 11 is 0. The summed E-state index contributed by atoms with van der Waals surface area (Å²) in [5.41, 5.74) is 1.72. The van der Waals surface area contributed by atoms with Crippen molar-refractivity contribution in [3.63, 3.8) is 0 Å². The number of fused-ring (bicyclic) bond motifs is 1. The number of hydrogen-bond donors (Lipinski definition) is 1. The van der Waals surface area contributed by atoms with Crippen molar-refractivity contribution in [3.8, 4) is 17.2 Å². The number of nitrogens with one attached hydrogen (secondary N) is 1. The van der Waals surface area contributed by atoms with Crippen LogP contribution in [0.5, 0.6) is 17.2 Å². The van der Waals surface area contributed by atoms with Gasteiger partial charge in [0.25, 0.3) is 0 Å². The van der Waals surface area contributed by atoms with Crippen LogP contribution in [0.15, 0.2) is 42.5 Å². The number of rotatable bonds is 6. The second kappa shape index (κ2) is 7.15. The molecule has 3 rings (SSSR count). The maximum atomic E-state index is 12.2. The Morgan fingerprint density at radius 3 is 2.57 bits per heavy atom. The molecule has 23 heavy (non-hydrogen) atoms. The second-order valence-electron chi connectivity index (χ2n) is 5.23. The highest BCUT2D eigenvalue weighted by Gasteiger charge is 2.14. The van der Waals surface area contributed by atoms with Gasteiger partial charge in [-0.25, -0.2) is 0 Å². The molecule has 2 aromatic carbocycles. The zero-order valence-corrected chi connectivity index (χ0v) is 13.0. The zero-order valence-electron chi connectivity index (χ0n) is 13.0. The first-order valence-electron chi connectivity index (χ1n) is 7.53. The highest BCUT2D eigenvalue weighted by atomic mass is 16.6. The number of ether oxygens (including phenoxy) is 3. The predicted octanol–water partition coefficient (Wildman–Crippen LogP) is 2.44. The monoisotopic (exact) mass is 313 g/mol. The van der Waals surface area contributed by atoms with Crippen LogP contribution in [-0.4, -0.2) is 32.7 Å². The number of carbonyl (C=O) groups is 1. The Kier molecular flexibility index (Phi) is 4.78. The van der Waals surface area contributed by atoms with Crippen LogP contribution >= 0.6 is 0 Å². The fourth-order valence-corrected chi connectivity index (χ4v) is 2.38. The minimum absolute atomic E-state index is 0.0236. The van der Waals surface area contributed by atoms with Gasteiger partial charge in [-0.2, -0.15) is 0 Å². The lowest BCUT2D eigenvalue weighted by atomic mass is 10.1. The third-order valence-electron chi connectivity index (χ3n) is 3.64. The van der Waals surface area contributed by atoms with Gasteiger partial charge < -0.3 is 19.5 Å². The molecule has 1 aliphatic rings. The van der Waals surface area contributed by atoms with Crippen molar-refractivity contribution in [2.24, 2.45) is 0 Å². The Labute approximate surface area is 135 Å². The van der Waals surface area contributed by atoms with Gasteiger partial charge in [-0.3, -0.25) is 4.79 Å². The van der Waals surface area contributed by atoms with E-state index in [-0.39, 0.29) is 12.3 Å². The fraction of sp³-hybridized carbons (Fsp3) is 0.278. The van der Waals surface area contributed by atoms with Crippen LogP contribution in [0, 0.1) is 0 Å². The molecule has 0 aromatic heterocycles. The van der Waals surface area contributed by atoms with E-state index in [1.807, 2.05) is 24.3 Å². The number of ketones is 1. The highest BCUT2D eigenvalue weighted by molar-refractivity contribution is 5.98. The quantitative estimate of drug-likeness (QED) is 0.830. The summed E-state index contributed by atoms with van der Waals surface area (Å²) in [5.74, 6) is 2.17. The molecule has 5 heteroatoms. The Morgan fingerprint density at radius 2 is 1.83 bits per heavy atom. The maximum Gasteiger partial charge on any atom is 0.176 e. The molecule has 0 saturated carbocycles. The molecule has 0 bridgehead atoms. The number of benzene rings is 2. The third-order valence-corrected chi connectivity index (χ3v) is 3.64. The Bertz CT molecular complexity index is 682. The first-order chi connectivity index (χ1) is 11.3. The maximum absolute atomic E-state index is 12.2. The molecule has 1 aliphatic heterocycles. The Balaban J connectivity index is 1.54. The van der Waals surface area contributed by atoms with Crippen LogP contribution in [0.4, 0.5) is 0 Å². The molecular formula is C18H19NO4. The van der Waals surface area contributed by atoms with Crippen LogP contribution in [-0.2, 0) is 6.54 Å². The summed E-state index contributed by atoms with van der Waals surface area (Å²) in [5, 5.41) is 3.16. The van der Waals surface area contributed by atoms with Gasteiger partial charge in [0.15, 0.2) is 17.3 Å². The van der Waals surface area contributed by atoms with Gasteiger partial charge in [0.1, 0.15) is 19.0 Å². The van der Waals surface area contributed by atoms with Crippen molar-refractivity contribution in [3.05, 3.63) is 53.6 Å². The van der Waals surface area contributed by atoms with Crippen molar-refractivity contribution in [2.75, 3.05) is 26.9 Å². The summed E-state index contributed by atoms with van der Waals surface area (Å²) in [6.07, 6.45) is 0. The molecular weight excluding hydrogens is 294 g/mol. The lowest BCUT2D eigenvalue weighted by molar-refractivity contribution is 0.0989. The van der Waals surface area contributed by atoms with Crippen LogP contribution in [0.2, 0.25) is 0 Å². The van der Waals surface area contributed by atoms with E-state index in [4.69, 9.17) is 14.2 Å². The molecule has 1 heterocycles. The van der Waals surface area contributed by atoms with Crippen molar-refractivity contribution in [2.45, 2.75) is 6.54 Å². The standard InChI is InChI=1S/C18H19NO4/c1-21-15-5-2-13(3-6-15)11-19-12-16(20)14-4-7-17-18(10-14)23-9-8-22-17/h2-7,10,19H,8-9,11-12H2,1H3. The topological polar surface area (TPSA) is 56.8 Å². The first-order valence-corrected chi connectivity index (χ1v) is 7.53. The minimum atomic E-state index is 0.0236. The largest absolute Gasteiger partial charge is 0.497 e. The summed E-state index contributed by atoms with van der Waals surface area (Å²) < 4.78 is 16.1. The minimum Gasteiger partial charge on any atom is -0.497 e. The normalized spacial score (nSPS) is 12.7. The van der Waals surface area contributed by atoms with Crippen molar-refractivity contribution in [1.82, 2.24) is 5.32 Å². The summed E-state index contributed by atoms with van der Waals surface area (Å²) in [7, 11) is 1.64. The van der Waals surface area contributed by atoms with E-state index in [2.05, 4.69) is 5.32 Å². The summed E-state index contributed by atoms with van der Waals surface area (Å²) in [6, 6.07) is 13.0. The van der Waals surface area contributed by atoms with Crippen LogP contribution < -0.4 is 19.5 Å². The van der Waals surface area contributed by atoms with E-state index in [0.29, 0.717) is 36.8 Å². The smallest absolute Gasteiger partial charge is 0.176 e. The number of Topliss-reactive ketones (excluding diaryl/α,β-unsaturated/α-hetero) is 1. The third kappa shape index (κ3) is 3.81. The van der Waals surface area contributed by atoms with Gasteiger partial charge in [0.2, 0.25) is 0 Å². The molecule has 0 amide bonds. The Morgan fingerprint density at radius 1 is 1.09 bits per heavy atom. The van der Waals surface area contributed by atoms with Gasteiger partial charge in [0, 0.05) is 12.1 Å². The van der Waals surface area contributed by atoms with E-state index < -0.39 is 0 Å². The molecule has 0 fully saturated rings. The SMILES string of the molecule is COc1ccc(CNCC(=O)c2ccc3c(c2)OCCO3)cc1. The molecule has 0 unspecified atom stereocenters. The van der Waals surface area contributed by atoms with Gasteiger partial charge >= 0.3 is 0 Å². The molecule has 2 aromatic rings. The lowest BCUT2D eigenvalue weighted by Gasteiger charge is -2.18. The summed E-state index contributed by atoms with van der Waals surface area (Å²) in [6.45, 7) is 1.95. The molecule has 0 aliphatic carbocycles. The second-order valence-corrected chi connectivity index (χ2v) is 5.23. The molecule has 1 N–H and O–H groups in total. The first kappa shape index (κ1) is 15.4. The van der Waals surface area contributed by atoms with Gasteiger partial charge in [-0.15, -0.1) is 0 Å². The predicted molar refractivity (Wildman–Crippen MR) is 86.5 cm³/mol. The number of hydrogen-bond acceptors (Lipinski definition) is 5. The van der Waals surface area contributed by atoms with Crippen molar-refractivity contribution < 1.29 is 19.0 Å². The van der Waals surface area contributed by atoms with Crippen LogP contribution in [0.3, 0.4) is 0 Å². The molecule has 5 nitrogen and oxygen atoms in total. The molecule has 120 valence electrons. The van der Waals surface area contributed by atoms with Gasteiger partial charge in [-0.05, 0) is 35.9 Å². The van der Waals surface area contributed by atoms with Gasteiger partial charge in [-0.1, -0.05) is 12.1 Å². The van der Waals surface area contributed by atoms with Crippen molar-refractivity contribution >= 4 is 5.78 Å². The average molecular weight is 313 g/mol. The highest BCUT2D eigenvalue weighted by Crippen LogP contribution is 2.30. The molecule has 0 saturated heterocycles. The molecule has 0 atom stereocenters. The summed E-state index contributed by atoms with van der Waals surface area (Å²) in [4.78, 5) is 12.2. The van der Waals surface area contributed by atoms with Crippen LogP contribution in [0.1, 0.15) is 15.9 Å². The fourth-order valence-electron chi connectivity index (χ4n) is 2.38. The number of methoxy groups -OCH3 is 1. The molecule has 0 spiro atoms. The van der Waals surface area contributed by atoms with Gasteiger partial charge in [0.05, 0.1) is 13.7 Å². The van der Waals surface area contributed by atoms with E-state index in [1.54, 1.807) is 25.3 Å². The zero-order chi connectivity index (χ0) is 16.1. The van der Waals surface area contributed by atoms with E-state index in [9.17, 15) is 4.79 Å².